The molecule has 1 saturated heterocycles. The van der Waals surface area contributed by atoms with Crippen LogP contribution >= 0.6 is 0 Å². The van der Waals surface area contributed by atoms with Gasteiger partial charge in [0.05, 0.1) is 17.5 Å². The average Bonchev–Trinajstić information content (AvgIpc) is 2.95. The largest absolute Gasteiger partial charge is 0.350 e. The molecular formula is C20H22FN3O4S. The van der Waals surface area contributed by atoms with E-state index in [1.165, 1.54) is 36.4 Å². The summed E-state index contributed by atoms with van der Waals surface area (Å²) in [6.45, 7) is 0.304. The second-order valence-corrected chi connectivity index (χ2v) is 8.95. The smallest absolute Gasteiger partial charge is 0.251 e. The number of benzene rings is 2. The number of sulfonamides is 1. The van der Waals surface area contributed by atoms with E-state index in [-0.39, 0.29) is 35.6 Å². The first kappa shape index (κ1) is 20.9. The lowest BCUT2D eigenvalue weighted by Crippen LogP contribution is -2.34. The van der Waals surface area contributed by atoms with E-state index in [0.717, 1.165) is 9.87 Å². The van der Waals surface area contributed by atoms with Gasteiger partial charge in [0.25, 0.3) is 5.91 Å². The molecule has 1 heterocycles. The zero-order chi connectivity index (χ0) is 21.2. The molecule has 7 nitrogen and oxygen atoms in total. The Morgan fingerprint density at radius 1 is 1.14 bits per heavy atom. The van der Waals surface area contributed by atoms with Gasteiger partial charge in [0.1, 0.15) is 5.82 Å². The number of hydrogen-bond acceptors (Lipinski definition) is 5. The van der Waals surface area contributed by atoms with Gasteiger partial charge in [-0.1, -0.05) is 12.1 Å². The van der Waals surface area contributed by atoms with Crippen LogP contribution in [0.1, 0.15) is 28.4 Å². The highest BCUT2D eigenvalue weighted by Gasteiger charge is 2.36. The van der Waals surface area contributed by atoms with Crippen molar-refractivity contribution < 1.29 is 22.4 Å². The number of amides is 2. The lowest BCUT2D eigenvalue weighted by molar-refractivity contribution is -0.116. The molecule has 2 aromatic carbocycles. The molecule has 9 heteroatoms. The Balaban J connectivity index is 1.69. The Hall–Kier alpha value is -2.78. The third-order valence-electron chi connectivity index (χ3n) is 4.78. The number of carbonyl (C=O) groups excluding carboxylic acids is 2. The minimum Gasteiger partial charge on any atom is -0.350 e. The van der Waals surface area contributed by atoms with Crippen molar-refractivity contribution in [2.45, 2.75) is 12.5 Å². The summed E-state index contributed by atoms with van der Waals surface area (Å²) in [6, 6.07) is 11.8. The first-order valence-corrected chi connectivity index (χ1v) is 10.7. The van der Waals surface area contributed by atoms with Crippen molar-refractivity contribution in [1.82, 2.24) is 10.2 Å². The summed E-state index contributed by atoms with van der Waals surface area (Å²) >= 11 is 0. The van der Waals surface area contributed by atoms with Gasteiger partial charge in [0, 0.05) is 18.5 Å². The van der Waals surface area contributed by atoms with Gasteiger partial charge in [-0.2, -0.15) is 0 Å². The SMILES string of the molecule is CN(C)C(CNC(=O)c1ccc(N2C(=O)CCS2(=O)=O)cc1)c1ccc(F)cc1. The van der Waals surface area contributed by atoms with Crippen LogP contribution in [0.15, 0.2) is 48.5 Å². The summed E-state index contributed by atoms with van der Waals surface area (Å²) in [6.07, 6.45) is -0.0418. The minimum absolute atomic E-state index is 0.0418. The van der Waals surface area contributed by atoms with Crippen LogP contribution in [0.3, 0.4) is 0 Å². The second-order valence-electron chi connectivity index (χ2n) is 7.01. The quantitative estimate of drug-likeness (QED) is 0.773. The number of anilines is 1. The van der Waals surface area contributed by atoms with Crippen molar-refractivity contribution in [2.75, 3.05) is 30.7 Å². The fourth-order valence-corrected chi connectivity index (χ4v) is 4.65. The summed E-state index contributed by atoms with van der Waals surface area (Å²) in [7, 11) is 0.0910. The predicted octanol–water partition coefficient (Wildman–Crippen LogP) is 1.92. The van der Waals surface area contributed by atoms with Gasteiger partial charge in [-0.25, -0.2) is 17.1 Å². The molecule has 29 heavy (non-hydrogen) atoms. The van der Waals surface area contributed by atoms with Crippen LogP contribution in [0.4, 0.5) is 10.1 Å². The molecule has 0 radical (unpaired) electrons. The zero-order valence-electron chi connectivity index (χ0n) is 16.1. The molecule has 0 bridgehead atoms. The fourth-order valence-electron chi connectivity index (χ4n) is 3.19. The predicted molar refractivity (Wildman–Crippen MR) is 107 cm³/mol. The van der Waals surface area contributed by atoms with Crippen molar-refractivity contribution in [2.24, 2.45) is 0 Å². The molecule has 1 atom stereocenters. The van der Waals surface area contributed by atoms with Gasteiger partial charge in [0.15, 0.2) is 0 Å². The topological polar surface area (TPSA) is 86.8 Å². The third-order valence-corrected chi connectivity index (χ3v) is 6.47. The molecule has 3 rings (SSSR count). The number of halogens is 1. The Morgan fingerprint density at radius 3 is 2.28 bits per heavy atom. The monoisotopic (exact) mass is 419 g/mol. The number of carbonyl (C=O) groups is 2. The first-order valence-electron chi connectivity index (χ1n) is 9.05. The molecule has 1 N–H and O–H groups in total. The van der Waals surface area contributed by atoms with E-state index in [0.29, 0.717) is 12.1 Å². The average molecular weight is 419 g/mol. The Labute approximate surface area is 169 Å². The summed E-state index contributed by atoms with van der Waals surface area (Å²) in [5, 5.41) is 2.83. The van der Waals surface area contributed by atoms with E-state index < -0.39 is 15.9 Å². The standard InChI is InChI=1S/C20H22FN3O4S/c1-23(2)18(14-3-7-16(21)8-4-14)13-22-20(26)15-5-9-17(10-6-15)24-19(25)11-12-29(24,27)28/h3-10,18H,11-13H2,1-2H3,(H,22,26). The Kier molecular flexibility index (Phi) is 5.99. The number of nitrogens with zero attached hydrogens (tertiary/aromatic N) is 2. The molecule has 1 aliphatic heterocycles. The van der Waals surface area contributed by atoms with Crippen LogP contribution in [-0.4, -0.2) is 51.5 Å². The first-order chi connectivity index (χ1) is 13.7. The van der Waals surface area contributed by atoms with Crippen LogP contribution in [0.5, 0.6) is 0 Å². The Bertz CT molecular complexity index is 1010. The summed E-state index contributed by atoms with van der Waals surface area (Å²) in [5.74, 6) is -1.34. The maximum atomic E-state index is 13.2. The molecule has 1 aliphatic rings. The van der Waals surface area contributed by atoms with Crippen LogP contribution in [0.2, 0.25) is 0 Å². The normalized spacial score (nSPS) is 16.8. The number of hydrogen-bond donors (Lipinski definition) is 1. The van der Waals surface area contributed by atoms with Crippen molar-refractivity contribution in [3.63, 3.8) is 0 Å². The molecule has 2 amide bonds. The van der Waals surface area contributed by atoms with Gasteiger partial charge in [-0.05, 0) is 56.1 Å². The van der Waals surface area contributed by atoms with Crippen LogP contribution < -0.4 is 9.62 Å². The minimum atomic E-state index is -3.64. The maximum absolute atomic E-state index is 13.2. The second kappa shape index (κ2) is 8.30. The van der Waals surface area contributed by atoms with E-state index in [9.17, 15) is 22.4 Å². The molecular weight excluding hydrogens is 397 g/mol. The van der Waals surface area contributed by atoms with Gasteiger partial charge >= 0.3 is 0 Å². The zero-order valence-corrected chi connectivity index (χ0v) is 16.9. The van der Waals surface area contributed by atoms with Crippen molar-refractivity contribution >= 4 is 27.5 Å². The van der Waals surface area contributed by atoms with Gasteiger partial charge in [0.2, 0.25) is 15.9 Å². The van der Waals surface area contributed by atoms with E-state index in [4.69, 9.17) is 0 Å². The molecule has 0 aromatic heterocycles. The fraction of sp³-hybridized carbons (Fsp3) is 0.300. The van der Waals surface area contributed by atoms with E-state index in [2.05, 4.69) is 5.32 Å². The molecule has 0 spiro atoms. The molecule has 1 unspecified atom stereocenters. The highest BCUT2D eigenvalue weighted by atomic mass is 32.2. The lowest BCUT2D eigenvalue weighted by Gasteiger charge is -2.25. The van der Waals surface area contributed by atoms with Crippen molar-refractivity contribution in [3.05, 3.63) is 65.5 Å². The molecule has 2 aromatic rings. The summed E-state index contributed by atoms with van der Waals surface area (Å²) in [4.78, 5) is 26.3. The van der Waals surface area contributed by atoms with E-state index in [1.54, 1.807) is 12.1 Å². The van der Waals surface area contributed by atoms with E-state index >= 15 is 0 Å². The van der Waals surface area contributed by atoms with Crippen LogP contribution in [0.25, 0.3) is 0 Å². The molecule has 154 valence electrons. The van der Waals surface area contributed by atoms with Crippen molar-refractivity contribution in [3.8, 4) is 0 Å². The van der Waals surface area contributed by atoms with Gasteiger partial charge < -0.3 is 10.2 Å². The van der Waals surface area contributed by atoms with Gasteiger partial charge in [-0.15, -0.1) is 0 Å². The summed E-state index contributed by atoms with van der Waals surface area (Å²) in [5.41, 5.74) is 1.43. The lowest BCUT2D eigenvalue weighted by atomic mass is 10.1. The van der Waals surface area contributed by atoms with Crippen LogP contribution in [-0.2, 0) is 14.8 Å². The number of rotatable bonds is 6. The highest BCUT2D eigenvalue weighted by molar-refractivity contribution is 7.94. The molecule has 1 fully saturated rings. The number of nitrogens with one attached hydrogen (secondary N) is 1. The highest BCUT2D eigenvalue weighted by Crippen LogP contribution is 2.25. The molecule has 0 saturated carbocycles. The molecule has 0 aliphatic carbocycles. The number of likely N-dealkylation sites (N-methyl/N-ethyl adjacent to an activating group) is 1. The maximum Gasteiger partial charge on any atom is 0.251 e. The third kappa shape index (κ3) is 4.63. The Morgan fingerprint density at radius 2 is 1.76 bits per heavy atom. The van der Waals surface area contributed by atoms with Crippen LogP contribution in [0, 0.1) is 5.82 Å². The van der Waals surface area contributed by atoms with Gasteiger partial charge in [-0.3, -0.25) is 9.59 Å². The summed E-state index contributed by atoms with van der Waals surface area (Å²) < 4.78 is 37.9. The van der Waals surface area contributed by atoms with E-state index in [1.807, 2.05) is 19.0 Å². The van der Waals surface area contributed by atoms with Crippen molar-refractivity contribution in [1.29, 1.82) is 0 Å².